The average molecular weight is 382 g/mol. The normalized spacial score (nSPS) is 16.0. The molecule has 1 aliphatic heterocycles. The maximum Gasteiger partial charge on any atom is 0.358 e. The van der Waals surface area contributed by atoms with Crippen LogP contribution < -0.4 is 4.74 Å². The van der Waals surface area contributed by atoms with Crippen molar-refractivity contribution < 1.29 is 17.4 Å². The summed E-state index contributed by atoms with van der Waals surface area (Å²) in [5.41, 5.74) is 1.27. The van der Waals surface area contributed by atoms with E-state index < -0.39 is 10.1 Å². The van der Waals surface area contributed by atoms with Crippen LogP contribution in [0.25, 0.3) is 0 Å². The summed E-state index contributed by atoms with van der Waals surface area (Å²) >= 11 is 3.38. The van der Waals surface area contributed by atoms with E-state index in [1.807, 2.05) is 12.1 Å². The van der Waals surface area contributed by atoms with Crippen LogP contribution in [0.15, 0.2) is 63.1 Å². The molecule has 0 radical (unpaired) electrons. The molecule has 0 aromatic heterocycles. The van der Waals surface area contributed by atoms with Gasteiger partial charge in [0.2, 0.25) is 0 Å². The fourth-order valence-corrected chi connectivity index (χ4v) is 3.19. The van der Waals surface area contributed by atoms with Crippen LogP contribution in [0.1, 0.15) is 12.0 Å². The summed E-state index contributed by atoms with van der Waals surface area (Å²) in [5, 5.41) is 3.84. The highest BCUT2D eigenvalue weighted by molar-refractivity contribution is 9.10. The quantitative estimate of drug-likeness (QED) is 0.764. The smallest absolute Gasteiger partial charge is 0.358 e. The molecule has 0 saturated heterocycles. The number of hydrogen-bond donors (Lipinski definition) is 0. The standard InChI is InChI=1S/C15H12BrNO4S/c16-11-6-7-15-13(10-11)14(8-9-20-15)17-21-22(18,19)12-4-2-1-3-5-12/h1-7,10H,8-9H2/b17-14+. The van der Waals surface area contributed by atoms with E-state index in [0.717, 1.165) is 10.0 Å². The van der Waals surface area contributed by atoms with Crippen LogP contribution in [-0.2, 0) is 14.4 Å². The Balaban J connectivity index is 1.90. The Labute approximate surface area is 136 Å². The molecular weight excluding hydrogens is 370 g/mol. The third kappa shape index (κ3) is 3.15. The van der Waals surface area contributed by atoms with Crippen LogP contribution in [0.3, 0.4) is 0 Å². The van der Waals surface area contributed by atoms with E-state index in [2.05, 4.69) is 21.1 Å². The van der Waals surface area contributed by atoms with Crippen molar-refractivity contribution in [1.29, 1.82) is 0 Å². The van der Waals surface area contributed by atoms with Gasteiger partial charge in [0.25, 0.3) is 0 Å². The lowest BCUT2D eigenvalue weighted by atomic mass is 10.0. The number of ether oxygens (including phenoxy) is 1. The Morgan fingerprint density at radius 3 is 2.68 bits per heavy atom. The fraction of sp³-hybridized carbons (Fsp3) is 0.133. The van der Waals surface area contributed by atoms with Crippen molar-refractivity contribution in [2.75, 3.05) is 6.61 Å². The Kier molecular flexibility index (Phi) is 4.17. The molecule has 0 atom stereocenters. The monoisotopic (exact) mass is 381 g/mol. The Morgan fingerprint density at radius 1 is 1.14 bits per heavy atom. The summed E-state index contributed by atoms with van der Waals surface area (Å²) in [5.74, 6) is 0.661. The second-order valence-corrected chi connectivity index (χ2v) is 7.06. The van der Waals surface area contributed by atoms with Gasteiger partial charge in [0, 0.05) is 16.5 Å². The van der Waals surface area contributed by atoms with E-state index in [9.17, 15) is 8.42 Å². The topological polar surface area (TPSA) is 65.0 Å². The Morgan fingerprint density at radius 2 is 1.91 bits per heavy atom. The molecule has 2 aromatic rings. The summed E-state index contributed by atoms with van der Waals surface area (Å²) in [7, 11) is -3.91. The molecule has 1 aliphatic rings. The number of hydrogen-bond acceptors (Lipinski definition) is 5. The lowest BCUT2D eigenvalue weighted by Crippen LogP contribution is -2.17. The molecule has 114 valence electrons. The summed E-state index contributed by atoms with van der Waals surface area (Å²) in [6.07, 6.45) is 0.480. The predicted octanol–water partition coefficient (Wildman–Crippen LogP) is 3.34. The molecule has 0 saturated carbocycles. The first-order valence-electron chi connectivity index (χ1n) is 6.54. The average Bonchev–Trinajstić information content (AvgIpc) is 2.54. The van der Waals surface area contributed by atoms with Gasteiger partial charge in [-0.3, -0.25) is 4.28 Å². The predicted molar refractivity (Wildman–Crippen MR) is 85.5 cm³/mol. The number of benzene rings is 2. The van der Waals surface area contributed by atoms with E-state index in [-0.39, 0.29) is 4.90 Å². The Hall–Kier alpha value is -1.86. The minimum Gasteiger partial charge on any atom is -0.492 e. The van der Waals surface area contributed by atoms with Gasteiger partial charge in [0.05, 0.1) is 12.3 Å². The van der Waals surface area contributed by atoms with Crippen molar-refractivity contribution in [3.05, 3.63) is 58.6 Å². The minimum absolute atomic E-state index is 0.0703. The van der Waals surface area contributed by atoms with Gasteiger partial charge < -0.3 is 4.74 Å². The number of oxime groups is 1. The molecule has 0 N–H and O–H groups in total. The highest BCUT2D eigenvalue weighted by atomic mass is 79.9. The first-order chi connectivity index (χ1) is 10.6. The summed E-state index contributed by atoms with van der Waals surface area (Å²) < 4.78 is 35.4. The van der Waals surface area contributed by atoms with E-state index in [1.54, 1.807) is 24.3 Å². The molecular formula is C15H12BrNO4S. The lowest BCUT2D eigenvalue weighted by molar-refractivity contribution is 0.308. The van der Waals surface area contributed by atoms with Crippen molar-refractivity contribution in [2.24, 2.45) is 5.16 Å². The van der Waals surface area contributed by atoms with Gasteiger partial charge in [-0.25, -0.2) is 0 Å². The van der Waals surface area contributed by atoms with E-state index in [0.29, 0.717) is 24.5 Å². The van der Waals surface area contributed by atoms with Crippen LogP contribution in [-0.4, -0.2) is 20.7 Å². The molecule has 2 aromatic carbocycles. The number of fused-ring (bicyclic) bond motifs is 1. The zero-order valence-corrected chi connectivity index (χ0v) is 13.8. The van der Waals surface area contributed by atoms with Gasteiger partial charge in [0.1, 0.15) is 10.6 Å². The van der Waals surface area contributed by atoms with Crippen LogP contribution in [0.2, 0.25) is 0 Å². The molecule has 5 nitrogen and oxygen atoms in total. The molecule has 7 heteroatoms. The second kappa shape index (κ2) is 6.10. The van der Waals surface area contributed by atoms with Gasteiger partial charge in [-0.1, -0.05) is 39.3 Å². The van der Waals surface area contributed by atoms with Crippen molar-refractivity contribution in [2.45, 2.75) is 11.3 Å². The number of rotatable bonds is 3. The number of nitrogens with zero attached hydrogens (tertiary/aromatic N) is 1. The maximum atomic E-state index is 12.1. The molecule has 0 aliphatic carbocycles. The van der Waals surface area contributed by atoms with Crippen molar-refractivity contribution in [3.63, 3.8) is 0 Å². The fourth-order valence-electron chi connectivity index (χ4n) is 2.06. The summed E-state index contributed by atoms with van der Waals surface area (Å²) in [6.45, 7) is 0.433. The third-order valence-electron chi connectivity index (χ3n) is 3.13. The molecule has 0 fully saturated rings. The Bertz CT molecular complexity index is 819. The number of halogens is 1. The van der Waals surface area contributed by atoms with Gasteiger partial charge >= 0.3 is 10.1 Å². The van der Waals surface area contributed by atoms with Crippen molar-refractivity contribution in [3.8, 4) is 5.75 Å². The van der Waals surface area contributed by atoms with Gasteiger partial charge in [0.15, 0.2) is 0 Å². The SMILES string of the molecule is O=S(=O)(O/N=C1\CCOc2ccc(Br)cc21)c1ccccc1. The zero-order valence-electron chi connectivity index (χ0n) is 11.4. The summed E-state index contributed by atoms with van der Waals surface area (Å²) in [4.78, 5) is 0.0703. The molecule has 0 bridgehead atoms. The molecule has 0 unspecified atom stereocenters. The maximum absolute atomic E-state index is 12.1. The van der Waals surface area contributed by atoms with Gasteiger partial charge in [-0.05, 0) is 30.3 Å². The van der Waals surface area contributed by atoms with Crippen molar-refractivity contribution >= 4 is 31.8 Å². The molecule has 1 heterocycles. The molecule has 0 spiro atoms. The van der Waals surface area contributed by atoms with Crippen LogP contribution in [0.5, 0.6) is 5.75 Å². The van der Waals surface area contributed by atoms with Gasteiger partial charge in [-0.2, -0.15) is 8.42 Å². The summed E-state index contributed by atoms with van der Waals surface area (Å²) in [6, 6.07) is 13.4. The van der Waals surface area contributed by atoms with Crippen LogP contribution in [0, 0.1) is 0 Å². The van der Waals surface area contributed by atoms with Crippen molar-refractivity contribution in [1.82, 2.24) is 0 Å². The van der Waals surface area contributed by atoms with Crippen LogP contribution in [0.4, 0.5) is 0 Å². The van der Waals surface area contributed by atoms with E-state index >= 15 is 0 Å². The first-order valence-corrected chi connectivity index (χ1v) is 8.75. The second-order valence-electron chi connectivity index (χ2n) is 4.62. The van der Waals surface area contributed by atoms with E-state index in [4.69, 9.17) is 9.02 Å². The first kappa shape index (κ1) is 15.1. The largest absolute Gasteiger partial charge is 0.492 e. The molecule has 0 amide bonds. The molecule has 22 heavy (non-hydrogen) atoms. The van der Waals surface area contributed by atoms with Gasteiger partial charge in [-0.15, -0.1) is 0 Å². The molecule has 3 rings (SSSR count). The lowest BCUT2D eigenvalue weighted by Gasteiger charge is -2.18. The van der Waals surface area contributed by atoms with E-state index in [1.165, 1.54) is 12.1 Å². The van der Waals surface area contributed by atoms with Crippen LogP contribution >= 0.6 is 15.9 Å². The highest BCUT2D eigenvalue weighted by Gasteiger charge is 2.20. The highest BCUT2D eigenvalue weighted by Crippen LogP contribution is 2.28. The minimum atomic E-state index is -3.91. The zero-order chi connectivity index (χ0) is 15.6. The third-order valence-corrected chi connectivity index (χ3v) is 4.74.